The molecule has 1 aliphatic heterocycles. The number of aliphatic carboxylic acids is 1. The monoisotopic (exact) mass is 465 g/mol. The predicted octanol–water partition coefficient (Wildman–Crippen LogP) is 5.67. The van der Waals surface area contributed by atoms with Gasteiger partial charge < -0.3 is 9.84 Å². The molecule has 2 unspecified atom stereocenters. The number of hydrogen-bond acceptors (Lipinski definition) is 3. The Kier molecular flexibility index (Phi) is 6.50. The molecule has 0 spiro atoms. The second kappa shape index (κ2) is 9.45. The van der Waals surface area contributed by atoms with E-state index in [1.54, 1.807) is 0 Å². The molecule has 0 bridgehead atoms. The first-order chi connectivity index (χ1) is 14.6. The zero-order chi connectivity index (χ0) is 20.9. The molecule has 1 fully saturated rings. The van der Waals surface area contributed by atoms with E-state index >= 15 is 0 Å². The van der Waals surface area contributed by atoms with Crippen molar-refractivity contribution in [2.45, 2.75) is 31.5 Å². The van der Waals surface area contributed by atoms with Crippen LogP contribution >= 0.6 is 15.9 Å². The van der Waals surface area contributed by atoms with Gasteiger partial charge in [-0.3, -0.25) is 9.69 Å². The van der Waals surface area contributed by atoms with Crippen LogP contribution in [0.2, 0.25) is 0 Å². The lowest BCUT2D eigenvalue weighted by Crippen LogP contribution is -2.39. The molecule has 0 radical (unpaired) electrons. The van der Waals surface area contributed by atoms with E-state index < -0.39 is 12.0 Å². The number of rotatable bonds is 7. The van der Waals surface area contributed by atoms with E-state index in [0.29, 0.717) is 13.0 Å². The number of carbonyl (C=O) groups is 1. The average molecular weight is 466 g/mol. The third-order valence-corrected chi connectivity index (χ3v) is 5.99. The van der Waals surface area contributed by atoms with Gasteiger partial charge in [-0.15, -0.1) is 0 Å². The molecule has 1 aliphatic rings. The van der Waals surface area contributed by atoms with Crippen LogP contribution in [0.25, 0.3) is 0 Å². The van der Waals surface area contributed by atoms with Gasteiger partial charge >= 0.3 is 5.97 Å². The van der Waals surface area contributed by atoms with Gasteiger partial charge in [0.2, 0.25) is 0 Å². The molecule has 5 heteroatoms. The lowest BCUT2D eigenvalue weighted by Gasteiger charge is -2.32. The third-order valence-electron chi connectivity index (χ3n) is 5.50. The SMILES string of the molecule is O=C(O)C1CCCN1C(c1cccc(Br)c1)c1cccc(OCc2ccccc2)c1. The summed E-state index contributed by atoms with van der Waals surface area (Å²) in [6.45, 7) is 1.25. The van der Waals surface area contributed by atoms with E-state index in [1.807, 2.05) is 60.7 Å². The van der Waals surface area contributed by atoms with Gasteiger partial charge in [-0.1, -0.05) is 70.5 Å². The Balaban J connectivity index is 1.66. The summed E-state index contributed by atoms with van der Waals surface area (Å²) in [5.41, 5.74) is 3.21. The highest BCUT2D eigenvalue weighted by Gasteiger charge is 2.37. The number of carboxylic acid groups (broad SMARTS) is 1. The Bertz CT molecular complexity index is 1010. The highest BCUT2D eigenvalue weighted by atomic mass is 79.9. The molecule has 30 heavy (non-hydrogen) atoms. The topological polar surface area (TPSA) is 49.8 Å². The van der Waals surface area contributed by atoms with E-state index in [4.69, 9.17) is 4.74 Å². The summed E-state index contributed by atoms with van der Waals surface area (Å²) >= 11 is 3.56. The highest BCUT2D eigenvalue weighted by molar-refractivity contribution is 9.10. The summed E-state index contributed by atoms with van der Waals surface area (Å²) in [6.07, 6.45) is 1.55. The zero-order valence-electron chi connectivity index (χ0n) is 16.6. The molecule has 1 heterocycles. The largest absolute Gasteiger partial charge is 0.489 e. The minimum atomic E-state index is -0.760. The molecule has 2 atom stereocenters. The summed E-state index contributed by atoms with van der Waals surface area (Å²) in [5.74, 6) is 0.0198. The van der Waals surface area contributed by atoms with Crippen molar-refractivity contribution in [3.63, 3.8) is 0 Å². The Labute approximate surface area is 185 Å². The van der Waals surface area contributed by atoms with Crippen molar-refractivity contribution in [3.8, 4) is 5.75 Å². The molecule has 1 saturated heterocycles. The maximum Gasteiger partial charge on any atom is 0.320 e. The number of likely N-dealkylation sites (tertiary alicyclic amines) is 1. The van der Waals surface area contributed by atoms with Crippen LogP contribution in [0.5, 0.6) is 5.75 Å². The lowest BCUT2D eigenvalue weighted by atomic mass is 9.96. The predicted molar refractivity (Wildman–Crippen MR) is 121 cm³/mol. The summed E-state index contributed by atoms with van der Waals surface area (Å²) in [7, 11) is 0. The van der Waals surface area contributed by atoms with Gasteiger partial charge in [0.25, 0.3) is 0 Å². The summed E-state index contributed by atoms with van der Waals surface area (Å²) in [6, 6.07) is 25.5. The first kappa shape index (κ1) is 20.6. The quantitative estimate of drug-likeness (QED) is 0.488. The lowest BCUT2D eigenvalue weighted by molar-refractivity contribution is -0.142. The summed E-state index contributed by atoms with van der Waals surface area (Å²) in [4.78, 5) is 14.0. The van der Waals surface area contributed by atoms with Gasteiger partial charge in [0, 0.05) is 11.0 Å². The normalized spacial score (nSPS) is 17.6. The number of hydrogen-bond donors (Lipinski definition) is 1. The van der Waals surface area contributed by atoms with E-state index in [9.17, 15) is 9.90 Å². The fourth-order valence-electron chi connectivity index (χ4n) is 4.13. The zero-order valence-corrected chi connectivity index (χ0v) is 18.2. The molecule has 0 saturated carbocycles. The fourth-order valence-corrected chi connectivity index (χ4v) is 4.55. The van der Waals surface area contributed by atoms with E-state index in [1.165, 1.54) is 0 Å². The molecule has 4 nitrogen and oxygen atoms in total. The van der Waals surface area contributed by atoms with Crippen LogP contribution in [0.1, 0.15) is 35.6 Å². The fraction of sp³-hybridized carbons (Fsp3) is 0.240. The third kappa shape index (κ3) is 4.74. The van der Waals surface area contributed by atoms with Crippen molar-refractivity contribution in [2.75, 3.05) is 6.54 Å². The van der Waals surface area contributed by atoms with Gasteiger partial charge in [0.05, 0.1) is 6.04 Å². The van der Waals surface area contributed by atoms with E-state index in [0.717, 1.165) is 39.9 Å². The molecule has 154 valence electrons. The molecular weight excluding hydrogens is 442 g/mol. The standard InChI is InChI=1S/C25H24BrNO3/c26-21-11-4-9-19(15-21)24(27-14-6-13-23(27)25(28)29)20-10-5-12-22(16-20)30-17-18-7-2-1-3-8-18/h1-5,7-12,15-16,23-24H,6,13-14,17H2,(H,28,29). The van der Waals surface area contributed by atoms with Crippen molar-refractivity contribution >= 4 is 21.9 Å². The van der Waals surface area contributed by atoms with Crippen molar-refractivity contribution < 1.29 is 14.6 Å². The molecule has 1 N–H and O–H groups in total. The number of ether oxygens (including phenoxy) is 1. The first-order valence-electron chi connectivity index (χ1n) is 10.1. The van der Waals surface area contributed by atoms with Crippen LogP contribution in [0.3, 0.4) is 0 Å². The molecule has 3 aromatic carbocycles. The highest BCUT2D eigenvalue weighted by Crippen LogP contribution is 2.37. The molecule has 0 amide bonds. The Morgan fingerprint density at radius 1 is 1.03 bits per heavy atom. The minimum Gasteiger partial charge on any atom is -0.489 e. The Hall–Kier alpha value is -2.63. The van der Waals surface area contributed by atoms with Crippen LogP contribution in [0, 0.1) is 0 Å². The summed E-state index contributed by atoms with van der Waals surface area (Å²) < 4.78 is 7.01. The van der Waals surface area contributed by atoms with Crippen molar-refractivity contribution in [1.82, 2.24) is 4.90 Å². The smallest absolute Gasteiger partial charge is 0.320 e. The second-order valence-electron chi connectivity index (χ2n) is 7.54. The van der Waals surface area contributed by atoms with Crippen molar-refractivity contribution in [2.24, 2.45) is 0 Å². The van der Waals surface area contributed by atoms with Crippen LogP contribution in [0.4, 0.5) is 0 Å². The van der Waals surface area contributed by atoms with Crippen molar-refractivity contribution in [1.29, 1.82) is 0 Å². The molecule has 0 aliphatic carbocycles. The van der Waals surface area contributed by atoms with Crippen LogP contribution in [-0.4, -0.2) is 28.6 Å². The van der Waals surface area contributed by atoms with E-state index in [-0.39, 0.29) is 6.04 Å². The van der Waals surface area contributed by atoms with Gasteiger partial charge in [-0.2, -0.15) is 0 Å². The van der Waals surface area contributed by atoms with Gasteiger partial charge in [-0.25, -0.2) is 0 Å². The van der Waals surface area contributed by atoms with Gasteiger partial charge in [0.15, 0.2) is 0 Å². The van der Waals surface area contributed by atoms with Crippen molar-refractivity contribution in [3.05, 3.63) is 100 Å². The number of carboxylic acids is 1. The molecule has 4 rings (SSSR count). The minimum absolute atomic E-state index is 0.147. The van der Waals surface area contributed by atoms with E-state index in [2.05, 4.69) is 39.0 Å². The van der Waals surface area contributed by atoms with Crippen LogP contribution < -0.4 is 4.74 Å². The maximum atomic E-state index is 11.9. The number of halogens is 1. The van der Waals surface area contributed by atoms with Crippen LogP contribution in [0.15, 0.2) is 83.3 Å². The number of nitrogens with zero attached hydrogens (tertiary/aromatic N) is 1. The Morgan fingerprint density at radius 3 is 2.50 bits per heavy atom. The molecular formula is C25H24BrNO3. The van der Waals surface area contributed by atoms with Gasteiger partial charge in [0.1, 0.15) is 18.4 Å². The maximum absolute atomic E-state index is 11.9. The van der Waals surface area contributed by atoms with Gasteiger partial charge in [-0.05, 0) is 53.8 Å². The average Bonchev–Trinajstić information content (AvgIpc) is 3.23. The second-order valence-corrected chi connectivity index (χ2v) is 8.45. The number of benzene rings is 3. The first-order valence-corrected chi connectivity index (χ1v) is 10.9. The van der Waals surface area contributed by atoms with Crippen LogP contribution in [-0.2, 0) is 11.4 Å². The molecule has 0 aromatic heterocycles. The molecule has 3 aromatic rings. The Morgan fingerprint density at radius 2 is 1.77 bits per heavy atom. The summed E-state index contributed by atoms with van der Waals surface area (Å²) in [5, 5.41) is 9.77.